The van der Waals surface area contributed by atoms with E-state index in [4.69, 9.17) is 4.74 Å². The lowest BCUT2D eigenvalue weighted by atomic mass is 10.0. The van der Waals surface area contributed by atoms with E-state index >= 15 is 0 Å². The summed E-state index contributed by atoms with van der Waals surface area (Å²) in [4.78, 5) is 0. The third-order valence-corrected chi connectivity index (χ3v) is 3.99. The monoisotopic (exact) mass is 233 g/mol. The highest BCUT2D eigenvalue weighted by Crippen LogP contribution is 2.17. The van der Waals surface area contributed by atoms with Crippen LogP contribution in [0.5, 0.6) is 0 Å². The topological polar surface area (TPSA) is 41.5 Å². The molecule has 1 saturated heterocycles. The maximum atomic E-state index is 10.0. The van der Waals surface area contributed by atoms with Gasteiger partial charge in [0.15, 0.2) is 0 Å². The summed E-state index contributed by atoms with van der Waals surface area (Å²) in [5, 5.41) is 13.5. The van der Waals surface area contributed by atoms with Crippen LogP contribution in [0, 0.1) is 0 Å². The van der Waals surface area contributed by atoms with Gasteiger partial charge in [-0.05, 0) is 25.5 Å². The summed E-state index contributed by atoms with van der Waals surface area (Å²) in [7, 11) is 1.67. The average molecular weight is 233 g/mol. The van der Waals surface area contributed by atoms with E-state index in [0.717, 1.165) is 0 Å². The summed E-state index contributed by atoms with van der Waals surface area (Å²) in [6, 6.07) is 0.581. The first kappa shape index (κ1) is 13.3. The van der Waals surface area contributed by atoms with Crippen molar-refractivity contribution >= 4 is 11.8 Å². The van der Waals surface area contributed by atoms with Gasteiger partial charge >= 0.3 is 0 Å². The van der Waals surface area contributed by atoms with Gasteiger partial charge < -0.3 is 15.2 Å². The summed E-state index contributed by atoms with van der Waals surface area (Å²) in [6.45, 7) is 3.16. The average Bonchev–Trinajstić information content (AvgIpc) is 2.25. The Balaban J connectivity index is 2.15. The molecule has 0 bridgehead atoms. The number of ether oxygens (including phenoxy) is 1. The SMILES string of the molecule is COCCC(C)(O)CNC1CCCSC1. The highest BCUT2D eigenvalue weighted by molar-refractivity contribution is 7.99. The first-order chi connectivity index (χ1) is 7.14. The first-order valence-corrected chi connectivity index (χ1v) is 6.82. The molecule has 1 rings (SSSR count). The molecule has 0 amide bonds. The van der Waals surface area contributed by atoms with Crippen molar-refractivity contribution in [1.82, 2.24) is 5.32 Å². The standard InChI is InChI=1S/C11H23NO2S/c1-11(13,5-6-14-2)9-12-10-4-3-7-15-8-10/h10,12-13H,3-9H2,1-2H3. The summed E-state index contributed by atoms with van der Waals surface area (Å²) in [5.41, 5.74) is -0.641. The lowest BCUT2D eigenvalue weighted by Gasteiger charge is -2.28. The number of hydrogen-bond acceptors (Lipinski definition) is 4. The van der Waals surface area contributed by atoms with Crippen LogP contribution in [0.4, 0.5) is 0 Å². The predicted molar refractivity (Wildman–Crippen MR) is 65.5 cm³/mol. The van der Waals surface area contributed by atoms with Crippen molar-refractivity contribution in [2.75, 3.05) is 31.8 Å². The lowest BCUT2D eigenvalue weighted by molar-refractivity contribution is 0.0230. The number of hydrogen-bond donors (Lipinski definition) is 2. The molecular weight excluding hydrogens is 210 g/mol. The summed E-state index contributed by atoms with van der Waals surface area (Å²) in [5.74, 6) is 2.47. The molecule has 2 unspecified atom stereocenters. The van der Waals surface area contributed by atoms with Gasteiger partial charge in [0.2, 0.25) is 0 Å². The normalized spacial score (nSPS) is 26.2. The van der Waals surface area contributed by atoms with E-state index in [1.165, 1.54) is 24.3 Å². The number of thioether (sulfide) groups is 1. The van der Waals surface area contributed by atoms with Gasteiger partial charge in [-0.3, -0.25) is 0 Å². The third kappa shape index (κ3) is 5.76. The summed E-state index contributed by atoms with van der Waals surface area (Å²) >= 11 is 2.00. The number of rotatable bonds is 6. The second kappa shape index (κ2) is 6.74. The Bertz CT molecular complexity index is 170. The molecule has 15 heavy (non-hydrogen) atoms. The maximum absolute atomic E-state index is 10.0. The van der Waals surface area contributed by atoms with E-state index in [0.29, 0.717) is 25.6 Å². The summed E-state index contributed by atoms with van der Waals surface area (Å²) in [6.07, 6.45) is 3.23. The molecule has 0 aromatic carbocycles. The van der Waals surface area contributed by atoms with Gasteiger partial charge in [0.05, 0.1) is 5.60 Å². The van der Waals surface area contributed by atoms with Crippen LogP contribution < -0.4 is 5.32 Å². The van der Waals surface area contributed by atoms with Crippen LogP contribution in [0.15, 0.2) is 0 Å². The van der Waals surface area contributed by atoms with Crippen LogP contribution in [0.3, 0.4) is 0 Å². The number of nitrogens with one attached hydrogen (secondary N) is 1. The lowest BCUT2D eigenvalue weighted by Crippen LogP contribution is -2.44. The fourth-order valence-electron chi connectivity index (χ4n) is 1.68. The Morgan fingerprint density at radius 3 is 3.00 bits per heavy atom. The van der Waals surface area contributed by atoms with E-state index < -0.39 is 5.60 Å². The zero-order valence-electron chi connectivity index (χ0n) is 9.79. The zero-order chi connectivity index (χ0) is 11.1. The largest absolute Gasteiger partial charge is 0.389 e. The van der Waals surface area contributed by atoms with Crippen LogP contribution >= 0.6 is 11.8 Å². The quantitative estimate of drug-likeness (QED) is 0.725. The van der Waals surface area contributed by atoms with Crippen molar-refractivity contribution in [2.24, 2.45) is 0 Å². The molecule has 0 aromatic rings. The van der Waals surface area contributed by atoms with Crippen LogP contribution in [0.25, 0.3) is 0 Å². The molecule has 0 aliphatic carbocycles. The molecule has 90 valence electrons. The van der Waals surface area contributed by atoms with E-state index in [1.54, 1.807) is 7.11 Å². The predicted octanol–water partition coefficient (Wildman–Crippen LogP) is 1.26. The van der Waals surface area contributed by atoms with Crippen molar-refractivity contribution in [3.05, 3.63) is 0 Å². The van der Waals surface area contributed by atoms with Crippen molar-refractivity contribution in [3.8, 4) is 0 Å². The fourth-order valence-corrected chi connectivity index (χ4v) is 2.78. The van der Waals surface area contributed by atoms with Crippen molar-refractivity contribution in [3.63, 3.8) is 0 Å². The number of aliphatic hydroxyl groups is 1. The smallest absolute Gasteiger partial charge is 0.0765 e. The van der Waals surface area contributed by atoms with Crippen LogP contribution in [0.2, 0.25) is 0 Å². The van der Waals surface area contributed by atoms with E-state index in [9.17, 15) is 5.11 Å². The van der Waals surface area contributed by atoms with Gasteiger partial charge in [-0.2, -0.15) is 11.8 Å². The molecule has 3 nitrogen and oxygen atoms in total. The molecule has 2 atom stereocenters. The summed E-state index contributed by atoms with van der Waals surface area (Å²) < 4.78 is 4.98. The van der Waals surface area contributed by atoms with Crippen LogP contribution in [-0.4, -0.2) is 48.5 Å². The second-order valence-corrected chi connectivity index (χ2v) is 5.68. The van der Waals surface area contributed by atoms with Crippen molar-refractivity contribution in [1.29, 1.82) is 0 Å². The van der Waals surface area contributed by atoms with Gasteiger partial charge in [-0.15, -0.1) is 0 Å². The van der Waals surface area contributed by atoms with E-state index in [-0.39, 0.29) is 0 Å². The molecule has 1 fully saturated rings. The minimum atomic E-state index is -0.641. The Morgan fingerprint density at radius 1 is 1.60 bits per heavy atom. The first-order valence-electron chi connectivity index (χ1n) is 5.66. The Hall–Kier alpha value is 0.230. The highest BCUT2D eigenvalue weighted by atomic mass is 32.2. The molecule has 2 N–H and O–H groups in total. The van der Waals surface area contributed by atoms with Crippen molar-refractivity contribution < 1.29 is 9.84 Å². The second-order valence-electron chi connectivity index (χ2n) is 4.53. The molecule has 0 radical (unpaired) electrons. The molecule has 1 heterocycles. The van der Waals surface area contributed by atoms with Gasteiger partial charge in [0.1, 0.15) is 0 Å². The maximum Gasteiger partial charge on any atom is 0.0765 e. The number of methoxy groups -OCH3 is 1. The third-order valence-electron chi connectivity index (χ3n) is 2.78. The molecule has 1 aliphatic heterocycles. The Morgan fingerprint density at radius 2 is 2.40 bits per heavy atom. The fraction of sp³-hybridized carbons (Fsp3) is 1.00. The van der Waals surface area contributed by atoms with Gasteiger partial charge in [0.25, 0.3) is 0 Å². The molecule has 0 saturated carbocycles. The van der Waals surface area contributed by atoms with E-state index in [2.05, 4.69) is 5.32 Å². The van der Waals surface area contributed by atoms with E-state index in [1.807, 2.05) is 18.7 Å². The Labute approximate surface area is 97.0 Å². The molecule has 0 aromatic heterocycles. The molecule has 1 aliphatic rings. The van der Waals surface area contributed by atoms with Gasteiger partial charge in [-0.1, -0.05) is 0 Å². The molecule has 0 spiro atoms. The minimum Gasteiger partial charge on any atom is -0.389 e. The molecular formula is C11H23NO2S. The molecule has 4 heteroatoms. The highest BCUT2D eigenvalue weighted by Gasteiger charge is 2.22. The zero-order valence-corrected chi connectivity index (χ0v) is 10.6. The van der Waals surface area contributed by atoms with Crippen LogP contribution in [0.1, 0.15) is 26.2 Å². The van der Waals surface area contributed by atoms with Crippen LogP contribution in [-0.2, 0) is 4.74 Å². The minimum absolute atomic E-state index is 0.581. The van der Waals surface area contributed by atoms with Crippen molar-refractivity contribution in [2.45, 2.75) is 37.8 Å². The Kier molecular flexibility index (Phi) is 5.97. The van der Waals surface area contributed by atoms with Gasteiger partial charge in [0, 0.05) is 38.5 Å². The van der Waals surface area contributed by atoms with Gasteiger partial charge in [-0.25, -0.2) is 0 Å².